The topological polar surface area (TPSA) is 75.6 Å². The molecule has 0 saturated heterocycles. The smallest absolute Gasteiger partial charge is 0.419 e. The molecule has 1 aromatic rings. The molecule has 1 aliphatic rings. The molecule has 0 bridgehead atoms. The Morgan fingerprint density at radius 3 is 2.50 bits per heavy atom. The molecule has 5 nitrogen and oxygen atoms in total. The van der Waals surface area contributed by atoms with E-state index in [4.69, 9.17) is 9.84 Å². The summed E-state index contributed by atoms with van der Waals surface area (Å²) in [6, 6.07) is 3.49. The summed E-state index contributed by atoms with van der Waals surface area (Å²) in [7, 11) is 0. The van der Waals surface area contributed by atoms with Gasteiger partial charge in [-0.3, -0.25) is 4.79 Å². The van der Waals surface area contributed by atoms with Gasteiger partial charge in [0.25, 0.3) is 5.91 Å². The Hall–Kier alpha value is -2.25. The number of aliphatic carboxylic acids is 1. The zero-order valence-corrected chi connectivity index (χ0v) is 13.0. The Morgan fingerprint density at radius 2 is 1.96 bits per heavy atom. The number of carboxylic acids is 1. The number of hydrogen-bond donors (Lipinski definition) is 2. The molecule has 0 aromatic heterocycles. The third-order valence-corrected chi connectivity index (χ3v) is 3.75. The zero-order valence-electron chi connectivity index (χ0n) is 13.0. The summed E-state index contributed by atoms with van der Waals surface area (Å²) in [6.07, 6.45) is -3.71. The van der Waals surface area contributed by atoms with Gasteiger partial charge in [-0.05, 0) is 31.4 Å². The maximum Gasteiger partial charge on any atom is 0.419 e. The van der Waals surface area contributed by atoms with E-state index in [0.29, 0.717) is 6.42 Å². The van der Waals surface area contributed by atoms with E-state index in [1.165, 1.54) is 19.1 Å². The fourth-order valence-electron chi connectivity index (χ4n) is 2.25. The molecule has 8 heteroatoms. The average Bonchev–Trinajstić information content (AvgIpc) is 3.29. The van der Waals surface area contributed by atoms with E-state index >= 15 is 0 Å². The second-order valence-corrected chi connectivity index (χ2v) is 5.83. The second-order valence-electron chi connectivity index (χ2n) is 5.83. The maximum atomic E-state index is 12.9. The van der Waals surface area contributed by atoms with E-state index in [0.717, 1.165) is 25.0 Å². The summed E-state index contributed by atoms with van der Waals surface area (Å²) in [4.78, 5) is 23.2. The summed E-state index contributed by atoms with van der Waals surface area (Å²) in [5.74, 6) is -2.13. The monoisotopic (exact) mass is 345 g/mol. The third kappa shape index (κ3) is 4.87. The molecule has 2 N–H and O–H groups in total. The van der Waals surface area contributed by atoms with Gasteiger partial charge in [0.2, 0.25) is 0 Å². The number of alkyl halides is 3. The number of benzene rings is 1. The van der Waals surface area contributed by atoms with Crippen LogP contribution in [0.1, 0.15) is 31.7 Å². The van der Waals surface area contributed by atoms with Crippen LogP contribution in [0.2, 0.25) is 0 Å². The minimum absolute atomic E-state index is 0.272. The van der Waals surface area contributed by atoms with Crippen molar-refractivity contribution in [2.45, 2.75) is 44.5 Å². The van der Waals surface area contributed by atoms with Crippen molar-refractivity contribution in [3.63, 3.8) is 0 Å². The van der Waals surface area contributed by atoms with Crippen molar-refractivity contribution in [1.82, 2.24) is 5.32 Å². The molecular weight excluding hydrogens is 327 g/mol. The van der Waals surface area contributed by atoms with Crippen LogP contribution in [0.5, 0.6) is 5.75 Å². The van der Waals surface area contributed by atoms with E-state index < -0.39 is 41.5 Å². The summed E-state index contributed by atoms with van der Waals surface area (Å²) in [6.45, 7) is 1.28. The number of carboxylic acid groups (broad SMARTS) is 1. The van der Waals surface area contributed by atoms with Crippen molar-refractivity contribution in [3.05, 3.63) is 29.8 Å². The van der Waals surface area contributed by atoms with Crippen LogP contribution in [0, 0.1) is 5.92 Å². The van der Waals surface area contributed by atoms with Crippen LogP contribution in [0.3, 0.4) is 0 Å². The second kappa shape index (κ2) is 7.11. The van der Waals surface area contributed by atoms with Crippen LogP contribution in [-0.4, -0.2) is 29.1 Å². The summed E-state index contributed by atoms with van der Waals surface area (Å²) < 4.78 is 43.8. The third-order valence-electron chi connectivity index (χ3n) is 3.75. The standard InChI is InChI=1S/C16H18F3NO4/c1-9(14(21)20-12(15(22)23)8-10-6-7-10)24-13-5-3-2-4-11(13)16(17,18)19/h2-5,9-10,12H,6-8H2,1H3,(H,20,21)(H,22,23). The van der Waals surface area contributed by atoms with Gasteiger partial charge in [0.1, 0.15) is 11.8 Å². The van der Waals surface area contributed by atoms with Gasteiger partial charge in [-0.25, -0.2) is 4.79 Å². The van der Waals surface area contributed by atoms with Gasteiger partial charge < -0.3 is 15.2 Å². The van der Waals surface area contributed by atoms with Crippen LogP contribution in [-0.2, 0) is 15.8 Å². The van der Waals surface area contributed by atoms with Crippen LogP contribution in [0.25, 0.3) is 0 Å². The summed E-state index contributed by atoms with van der Waals surface area (Å²) in [5, 5.41) is 11.4. The molecule has 1 saturated carbocycles. The minimum atomic E-state index is -4.61. The van der Waals surface area contributed by atoms with Gasteiger partial charge in [-0.15, -0.1) is 0 Å². The lowest BCUT2D eigenvalue weighted by Crippen LogP contribution is -2.46. The number of amides is 1. The van der Waals surface area contributed by atoms with Gasteiger partial charge in [0.05, 0.1) is 5.56 Å². The molecular formula is C16H18F3NO4. The van der Waals surface area contributed by atoms with E-state index in [9.17, 15) is 22.8 Å². The maximum absolute atomic E-state index is 12.9. The first-order valence-electron chi connectivity index (χ1n) is 7.54. The lowest BCUT2D eigenvalue weighted by atomic mass is 10.1. The van der Waals surface area contributed by atoms with Crippen LogP contribution in [0.15, 0.2) is 24.3 Å². The number of carbonyl (C=O) groups is 2. The van der Waals surface area contributed by atoms with Crippen molar-refractivity contribution in [1.29, 1.82) is 0 Å². The fraction of sp³-hybridized carbons (Fsp3) is 0.500. The molecule has 0 heterocycles. The minimum Gasteiger partial charge on any atom is -0.480 e. The average molecular weight is 345 g/mol. The SMILES string of the molecule is CC(Oc1ccccc1C(F)(F)F)C(=O)NC(CC1CC1)C(=O)O. The highest BCUT2D eigenvalue weighted by Crippen LogP contribution is 2.36. The first-order chi connectivity index (χ1) is 11.2. The van der Waals surface area contributed by atoms with E-state index in [1.54, 1.807) is 0 Å². The molecule has 1 fully saturated rings. The highest BCUT2D eigenvalue weighted by atomic mass is 19.4. The quantitative estimate of drug-likeness (QED) is 0.797. The first-order valence-corrected chi connectivity index (χ1v) is 7.54. The Balaban J connectivity index is 2.02. The van der Waals surface area contributed by atoms with Crippen molar-refractivity contribution < 1.29 is 32.6 Å². The molecule has 24 heavy (non-hydrogen) atoms. The fourth-order valence-corrected chi connectivity index (χ4v) is 2.25. The Labute approximate surface area is 136 Å². The molecule has 0 radical (unpaired) electrons. The molecule has 1 amide bonds. The lowest BCUT2D eigenvalue weighted by molar-refractivity contribution is -0.143. The van der Waals surface area contributed by atoms with Crippen molar-refractivity contribution >= 4 is 11.9 Å². The van der Waals surface area contributed by atoms with Gasteiger partial charge in [0.15, 0.2) is 6.10 Å². The Morgan fingerprint density at radius 1 is 1.33 bits per heavy atom. The van der Waals surface area contributed by atoms with Crippen LogP contribution >= 0.6 is 0 Å². The number of nitrogens with one attached hydrogen (secondary N) is 1. The van der Waals surface area contributed by atoms with Gasteiger partial charge in [-0.2, -0.15) is 13.2 Å². The number of hydrogen-bond acceptors (Lipinski definition) is 3. The predicted octanol–water partition coefficient (Wildman–Crippen LogP) is 2.84. The van der Waals surface area contributed by atoms with Crippen molar-refractivity contribution in [2.75, 3.05) is 0 Å². The Bertz CT molecular complexity index is 614. The number of carbonyl (C=O) groups excluding carboxylic acids is 1. The Kier molecular flexibility index (Phi) is 5.36. The molecule has 1 aliphatic carbocycles. The highest BCUT2D eigenvalue weighted by Gasteiger charge is 2.35. The molecule has 2 unspecified atom stereocenters. The number of halogens is 3. The summed E-state index contributed by atoms with van der Waals surface area (Å²) in [5.41, 5.74) is -0.989. The first kappa shape index (κ1) is 18.1. The zero-order chi connectivity index (χ0) is 17.9. The molecule has 2 atom stereocenters. The van der Waals surface area contributed by atoms with E-state index in [-0.39, 0.29) is 5.92 Å². The number of ether oxygens (including phenoxy) is 1. The van der Waals surface area contributed by atoms with Gasteiger partial charge in [0, 0.05) is 0 Å². The lowest BCUT2D eigenvalue weighted by Gasteiger charge is -2.20. The predicted molar refractivity (Wildman–Crippen MR) is 78.4 cm³/mol. The molecule has 1 aromatic carbocycles. The molecule has 2 rings (SSSR count). The van der Waals surface area contributed by atoms with Gasteiger partial charge in [-0.1, -0.05) is 25.0 Å². The normalized spacial score (nSPS) is 17.0. The van der Waals surface area contributed by atoms with Crippen molar-refractivity contribution in [3.8, 4) is 5.75 Å². The highest BCUT2D eigenvalue weighted by molar-refractivity contribution is 5.86. The largest absolute Gasteiger partial charge is 0.480 e. The van der Waals surface area contributed by atoms with Crippen LogP contribution < -0.4 is 10.1 Å². The van der Waals surface area contributed by atoms with Crippen molar-refractivity contribution in [2.24, 2.45) is 5.92 Å². The molecule has 0 aliphatic heterocycles. The summed E-state index contributed by atoms with van der Waals surface area (Å²) >= 11 is 0. The van der Waals surface area contributed by atoms with E-state index in [2.05, 4.69) is 5.32 Å². The molecule has 132 valence electrons. The molecule has 0 spiro atoms. The van der Waals surface area contributed by atoms with E-state index in [1.807, 2.05) is 0 Å². The van der Waals surface area contributed by atoms with Gasteiger partial charge >= 0.3 is 12.1 Å². The number of para-hydroxylation sites is 1. The number of rotatable bonds is 7. The van der Waals surface area contributed by atoms with Crippen LogP contribution in [0.4, 0.5) is 13.2 Å².